The van der Waals surface area contributed by atoms with Gasteiger partial charge in [-0.1, -0.05) is 6.92 Å². The second-order valence-corrected chi connectivity index (χ2v) is 4.81. The van der Waals surface area contributed by atoms with Gasteiger partial charge in [-0.15, -0.1) is 12.4 Å². The third-order valence-electron chi connectivity index (χ3n) is 2.71. The molecule has 1 saturated heterocycles. The van der Waals surface area contributed by atoms with Crippen LogP contribution >= 0.6 is 12.4 Å². The molecule has 1 heterocycles. The molecule has 0 radical (unpaired) electrons. The maximum Gasteiger partial charge on any atom is 0.309 e. The van der Waals surface area contributed by atoms with Crippen LogP contribution in [0.25, 0.3) is 0 Å². The molecule has 0 saturated carbocycles. The summed E-state index contributed by atoms with van der Waals surface area (Å²) < 4.78 is 23.0. The molecular weight excluding hydrogens is 280 g/mol. The smallest absolute Gasteiger partial charge is 0.309 e. The average molecular weight is 302 g/mol. The minimum atomic E-state index is -2.11. The molecular formula is C9H22ClN4O3S-. The van der Waals surface area contributed by atoms with E-state index in [2.05, 4.69) is 28.4 Å². The summed E-state index contributed by atoms with van der Waals surface area (Å²) in [4.78, 5) is 9.00. The Morgan fingerprint density at radius 2 is 1.94 bits per heavy atom. The standard InChI is InChI=1S/C8H18N2O2S.CH4N2O.ClH/c1-7(6-10-13(11)12)8-2-4-9-5-3-8;2-1(3)4;/h7-10H,2-6H2,1H3,(H,11,12);(H4,2,3,4);1H/p-1. The van der Waals surface area contributed by atoms with Crippen molar-refractivity contribution >= 4 is 29.7 Å². The predicted molar refractivity (Wildman–Crippen MR) is 72.7 cm³/mol. The normalized spacial score (nSPS) is 18.8. The number of primary amides is 2. The molecule has 2 unspecified atom stereocenters. The van der Waals surface area contributed by atoms with E-state index < -0.39 is 17.3 Å². The summed E-state index contributed by atoms with van der Waals surface area (Å²) in [6, 6.07) is -0.833. The van der Waals surface area contributed by atoms with E-state index >= 15 is 0 Å². The van der Waals surface area contributed by atoms with Crippen LogP contribution in [0.4, 0.5) is 4.79 Å². The monoisotopic (exact) mass is 301 g/mol. The van der Waals surface area contributed by atoms with Crippen molar-refractivity contribution in [3.05, 3.63) is 0 Å². The molecule has 2 atom stereocenters. The first-order valence-corrected chi connectivity index (χ1v) is 6.59. The average Bonchev–Trinajstić information content (AvgIpc) is 2.26. The number of hydrogen-bond donors (Lipinski definition) is 4. The van der Waals surface area contributed by atoms with Crippen LogP contribution in [0.15, 0.2) is 0 Å². The van der Waals surface area contributed by atoms with Gasteiger partial charge in [-0.2, -0.15) is 0 Å². The zero-order valence-corrected chi connectivity index (χ0v) is 12.0. The molecule has 1 aliphatic rings. The van der Waals surface area contributed by atoms with Crippen molar-refractivity contribution in [1.82, 2.24) is 10.0 Å². The Morgan fingerprint density at radius 1 is 1.50 bits per heavy atom. The van der Waals surface area contributed by atoms with Crippen LogP contribution in [0.3, 0.4) is 0 Å². The maximum atomic E-state index is 10.3. The summed E-state index contributed by atoms with van der Waals surface area (Å²) in [7, 11) is 0. The molecule has 7 nitrogen and oxygen atoms in total. The Balaban J connectivity index is 0. The number of piperidine rings is 1. The van der Waals surface area contributed by atoms with Gasteiger partial charge in [-0.25, -0.2) is 9.52 Å². The second kappa shape index (κ2) is 11.7. The lowest BCUT2D eigenvalue weighted by Crippen LogP contribution is -2.35. The molecule has 0 spiro atoms. The number of urea groups is 1. The third kappa shape index (κ3) is 12.1. The summed E-state index contributed by atoms with van der Waals surface area (Å²) >= 11 is -2.11. The Bertz CT molecular complexity index is 248. The number of carbonyl (C=O) groups excluding carboxylic acids is 1. The van der Waals surface area contributed by atoms with E-state index in [9.17, 15) is 8.76 Å². The third-order valence-corrected chi connectivity index (χ3v) is 3.11. The van der Waals surface area contributed by atoms with Crippen molar-refractivity contribution in [2.75, 3.05) is 19.6 Å². The minimum Gasteiger partial charge on any atom is -0.760 e. The lowest BCUT2D eigenvalue weighted by Gasteiger charge is -2.28. The molecule has 9 heteroatoms. The molecule has 1 rings (SSSR count). The Hall–Kier alpha value is -0.410. The summed E-state index contributed by atoms with van der Waals surface area (Å²) in [6.07, 6.45) is 2.32. The van der Waals surface area contributed by atoms with E-state index in [-0.39, 0.29) is 12.4 Å². The van der Waals surface area contributed by atoms with Crippen molar-refractivity contribution in [3.63, 3.8) is 0 Å². The van der Waals surface area contributed by atoms with Gasteiger partial charge in [-0.05, 0) is 37.8 Å². The van der Waals surface area contributed by atoms with Gasteiger partial charge in [0.1, 0.15) is 0 Å². The molecule has 1 aliphatic heterocycles. The van der Waals surface area contributed by atoms with Crippen LogP contribution in [0.1, 0.15) is 19.8 Å². The molecule has 0 aliphatic carbocycles. The second-order valence-electron chi connectivity index (χ2n) is 4.05. The van der Waals surface area contributed by atoms with Gasteiger partial charge in [0.15, 0.2) is 0 Å². The van der Waals surface area contributed by atoms with Crippen LogP contribution in [0.2, 0.25) is 0 Å². The quantitative estimate of drug-likeness (QED) is 0.518. The van der Waals surface area contributed by atoms with Gasteiger partial charge in [0.05, 0.1) is 0 Å². The first kappa shape index (κ1) is 19.9. The molecule has 0 bridgehead atoms. The van der Waals surface area contributed by atoms with Gasteiger partial charge in [0.2, 0.25) is 0 Å². The number of carbonyl (C=O) groups is 1. The van der Waals surface area contributed by atoms with Gasteiger partial charge in [0.25, 0.3) is 0 Å². The molecule has 2 amide bonds. The van der Waals surface area contributed by atoms with Crippen molar-refractivity contribution in [2.24, 2.45) is 23.3 Å². The van der Waals surface area contributed by atoms with E-state index in [0.29, 0.717) is 18.4 Å². The summed E-state index contributed by atoms with van der Waals surface area (Å²) in [6.45, 7) is 4.81. The highest BCUT2D eigenvalue weighted by atomic mass is 35.5. The van der Waals surface area contributed by atoms with Crippen molar-refractivity contribution < 1.29 is 13.6 Å². The van der Waals surface area contributed by atoms with Crippen LogP contribution in [-0.4, -0.2) is 34.4 Å². The topological polar surface area (TPSA) is 133 Å². The highest BCUT2D eigenvalue weighted by Gasteiger charge is 2.19. The van der Waals surface area contributed by atoms with Gasteiger partial charge in [-0.3, -0.25) is 4.21 Å². The maximum absolute atomic E-state index is 10.3. The largest absolute Gasteiger partial charge is 0.760 e. The SMILES string of the molecule is CC(CNS(=O)[O-])C1CCNCC1.Cl.NC(N)=O. The van der Waals surface area contributed by atoms with Crippen molar-refractivity contribution in [1.29, 1.82) is 0 Å². The van der Waals surface area contributed by atoms with Crippen LogP contribution in [-0.2, 0) is 11.3 Å². The molecule has 18 heavy (non-hydrogen) atoms. The van der Waals surface area contributed by atoms with E-state index in [1.165, 1.54) is 0 Å². The van der Waals surface area contributed by atoms with E-state index in [1.807, 2.05) is 0 Å². The van der Waals surface area contributed by atoms with Crippen LogP contribution < -0.4 is 21.5 Å². The zero-order valence-electron chi connectivity index (χ0n) is 10.4. The summed E-state index contributed by atoms with van der Waals surface area (Å²) in [5.74, 6) is 1.11. The first-order chi connectivity index (χ1) is 7.93. The zero-order chi connectivity index (χ0) is 13.3. The van der Waals surface area contributed by atoms with Crippen LogP contribution in [0, 0.1) is 11.8 Å². The highest BCUT2D eigenvalue weighted by Crippen LogP contribution is 2.20. The van der Waals surface area contributed by atoms with Gasteiger partial charge < -0.3 is 21.3 Å². The number of halogens is 1. The Labute approximate surface area is 116 Å². The number of hydrogen-bond acceptors (Lipinski definition) is 4. The van der Waals surface area contributed by atoms with E-state index in [0.717, 1.165) is 25.9 Å². The fraction of sp³-hybridized carbons (Fsp3) is 0.889. The fourth-order valence-corrected chi connectivity index (χ4v) is 2.18. The lowest BCUT2D eigenvalue weighted by atomic mass is 9.86. The molecule has 0 aromatic carbocycles. The molecule has 0 aromatic heterocycles. The molecule has 0 aromatic rings. The number of amides is 2. The molecule has 110 valence electrons. The Morgan fingerprint density at radius 3 is 2.33 bits per heavy atom. The molecule has 6 N–H and O–H groups in total. The number of rotatable bonds is 4. The first-order valence-electron chi connectivity index (χ1n) is 5.52. The summed E-state index contributed by atoms with van der Waals surface area (Å²) in [5, 5.41) is 3.29. The fourth-order valence-electron chi connectivity index (χ4n) is 1.78. The Kier molecular flexibility index (Phi) is 12.9. The molecule has 1 fully saturated rings. The minimum absolute atomic E-state index is 0. The van der Waals surface area contributed by atoms with Crippen LogP contribution in [0.5, 0.6) is 0 Å². The van der Waals surface area contributed by atoms with Gasteiger partial charge in [0, 0.05) is 17.8 Å². The van der Waals surface area contributed by atoms with E-state index in [4.69, 9.17) is 4.79 Å². The van der Waals surface area contributed by atoms with E-state index in [1.54, 1.807) is 0 Å². The lowest BCUT2D eigenvalue weighted by molar-refractivity contribution is 0.256. The summed E-state index contributed by atoms with van der Waals surface area (Å²) in [5.41, 5.74) is 8.50. The number of nitrogens with one attached hydrogen (secondary N) is 2. The highest BCUT2D eigenvalue weighted by molar-refractivity contribution is 7.77. The number of nitrogens with two attached hydrogens (primary N) is 2. The van der Waals surface area contributed by atoms with Crippen molar-refractivity contribution in [2.45, 2.75) is 19.8 Å². The van der Waals surface area contributed by atoms with Crippen molar-refractivity contribution in [3.8, 4) is 0 Å². The van der Waals surface area contributed by atoms with Gasteiger partial charge >= 0.3 is 6.03 Å². The predicted octanol–water partition coefficient (Wildman–Crippen LogP) is -0.549.